The molecule has 6 aliphatic heterocycles. The molecule has 20 heteroatoms. The molecule has 6 amide bonds. The molecule has 24 rings (SSSR count). The number of hydrogen-bond donors (Lipinski definition) is 3. The first-order valence-electron chi connectivity index (χ1n) is 58.5. The topological polar surface area (TPSA) is 202 Å². The lowest BCUT2D eigenvalue weighted by molar-refractivity contribution is -0.150. The van der Waals surface area contributed by atoms with Gasteiger partial charge in [0.05, 0.1) is 37.5 Å². The van der Waals surface area contributed by atoms with Crippen molar-refractivity contribution in [3.63, 3.8) is 0 Å². The van der Waals surface area contributed by atoms with Gasteiger partial charge in [0.1, 0.15) is 0 Å². The van der Waals surface area contributed by atoms with E-state index in [0.29, 0.717) is 128 Å². The largest absolute Gasteiger partial charge is 0.374 e. The van der Waals surface area contributed by atoms with Gasteiger partial charge in [-0.1, -0.05) is 228 Å². The smallest absolute Gasteiger partial charge is 0.223 e. The summed E-state index contributed by atoms with van der Waals surface area (Å²) in [5.41, 5.74) is 16.5. The molecule has 6 aromatic heterocycles. The van der Waals surface area contributed by atoms with E-state index in [-0.39, 0.29) is 28.9 Å². The van der Waals surface area contributed by atoms with Crippen LogP contribution in [0.5, 0.6) is 0 Å². The van der Waals surface area contributed by atoms with E-state index < -0.39 is 0 Å². The Labute approximate surface area is 887 Å². The number of aromatic amines is 3. The molecule has 798 valence electrons. The summed E-state index contributed by atoms with van der Waals surface area (Å²) in [7, 11) is 6.28. The quantitative estimate of drug-likeness (QED) is 0.0752. The Morgan fingerprint density at radius 3 is 1.11 bits per heavy atom. The third-order valence-corrected chi connectivity index (χ3v) is 37.9. The number of likely N-dealkylation sites (tertiary alicyclic amines) is 4. The van der Waals surface area contributed by atoms with Crippen LogP contribution in [0, 0.1) is 29.6 Å². The highest BCUT2D eigenvalue weighted by Gasteiger charge is 2.48. The number of carbonyl (C=O) groups is 6. The first-order chi connectivity index (χ1) is 72.3. The third-order valence-electron chi connectivity index (χ3n) is 37.9. The van der Waals surface area contributed by atoms with Crippen molar-refractivity contribution in [1.82, 2.24) is 58.1 Å². The minimum absolute atomic E-state index is 0.153. The fraction of sp³-hybridized carbons (Fsp3) is 0.581. The number of aryl methyl sites for hydroxylation is 8. The van der Waals surface area contributed by atoms with Crippen LogP contribution < -0.4 is 0 Å². The molecule has 0 bridgehead atoms. The monoisotopic (exact) mass is 2020 g/mol. The number of morpholine rings is 2. The number of carbonyl (C=O) groups excluding carboxylic acids is 6. The van der Waals surface area contributed by atoms with Crippen LogP contribution in [0.3, 0.4) is 0 Å². The van der Waals surface area contributed by atoms with Gasteiger partial charge in [0.2, 0.25) is 35.4 Å². The zero-order chi connectivity index (χ0) is 104. The Bertz CT molecular complexity index is 6470. The Morgan fingerprint density at radius 1 is 0.322 bits per heavy atom. The molecule has 11 unspecified atom stereocenters. The van der Waals surface area contributed by atoms with Crippen molar-refractivity contribution in [2.24, 2.45) is 43.8 Å². The van der Waals surface area contributed by atoms with Crippen molar-refractivity contribution in [3.8, 4) is 0 Å². The minimum Gasteiger partial charge on any atom is -0.374 e. The van der Waals surface area contributed by atoms with Gasteiger partial charge in [0.15, 0.2) is 0 Å². The number of rotatable bonds is 18. The molecule has 12 aliphatic rings. The number of para-hydroxylation sites is 5. The van der Waals surface area contributed by atoms with Gasteiger partial charge >= 0.3 is 0 Å². The molecule has 12 aromatic rings. The molecule has 3 N–H and O–H groups in total. The number of fused-ring (bicyclic) bond motifs is 12. The SMILES string of the molecule is CC12CCCCC1N(C(=O)CCc1c[nH]c3ccccc13)CCC2.Cc1cccc2c1c(CCC(=O)N1CCOC3CCCCC31)cn2C.Cn1cc(C(C)(C)CC(=O)N2CCCC3(C)CCCCC23)c2ccccc21.Cn1cc(C(C)(C)CC(=O)N2CCCC3CCCCC32)c2ccccc21.O=C(CCc1c[nH]c2ccccc12)N1CCCCC2CCCCC21.O=C(CCc1c[nH]c2ccccc12)N1CCO[C@@H]2CCCCC21. The predicted octanol–water partition coefficient (Wildman–Crippen LogP) is 26.6. The lowest BCUT2D eigenvalue weighted by Crippen LogP contribution is -2.55. The van der Waals surface area contributed by atoms with Gasteiger partial charge in [-0.2, -0.15) is 0 Å². The van der Waals surface area contributed by atoms with E-state index in [4.69, 9.17) is 9.47 Å². The summed E-state index contributed by atoms with van der Waals surface area (Å²) in [5, 5.41) is 7.62. The van der Waals surface area contributed by atoms with E-state index >= 15 is 0 Å². The second-order valence-electron chi connectivity index (χ2n) is 48.7. The highest BCUT2D eigenvalue weighted by Crippen LogP contribution is 2.50. The number of benzene rings is 6. The standard InChI is InChI=1S/C24H34N2O.C23H32N2O.C21H28N2O2.2C21H28N2O.C19H24N2O2/c1-23(2,19-17-25(4)20-11-6-5-10-18(19)20)16-22(27)26-15-9-14-24(3)13-8-7-12-21(24)26;1-23(2,19-16-24(3)21-13-7-5-11-18(19)21)15-22(26)25-14-8-10-17-9-4-6-12-20(17)25;1-15-6-5-8-18-21(15)16(14-22(18)2)10-11-20(24)23-12-13-25-19-9-4-3-7-17(19)23;1-21-12-5-4-9-19(21)23(14-6-13-21)20(24)11-10-16-15-22-18-8-3-2-7-17(16)18;24-21(13-12-17-15-22-19-10-3-2-9-18(17)19)23-14-6-5-8-16-7-1-4-11-20(16)23;22-19(21-11-12-23-18-8-4-3-7-17(18)21)10-9-14-13-20-16-6-2-1-5-15(14)16/h5-6,10-11,17,21H,7-9,12-16H2,1-4H3;5,7,11,13,16-17,20H,4,6,8-10,12,14-15H2,1-3H3;5-6,8,14,17,19H,3-4,7,9-13H2,1-2H3;2-3,7-8,15,19,22H,4-6,9-14H2,1H3;2-3,9-10,15-16,20,22H,1,4-8,11-14H2;1-2,5-6,13,17-18,20H,3-4,7-12H2/t;;;;;17?,18-/m.....1/s1. The Hall–Kier alpha value is -10.7. The average Bonchev–Trinajstić information content (AvgIpc) is 1.47. The lowest BCUT2D eigenvalue weighted by atomic mass is 9.66. The summed E-state index contributed by atoms with van der Waals surface area (Å²) in [6, 6.07) is 51.1. The first kappa shape index (κ1) is 107. The number of hydrogen-bond acceptors (Lipinski definition) is 8. The first-order valence-corrected chi connectivity index (χ1v) is 58.5. The molecular formula is C129H174N12O8. The van der Waals surface area contributed by atoms with Gasteiger partial charge in [0, 0.05) is 237 Å². The highest BCUT2D eigenvalue weighted by molar-refractivity contribution is 5.92. The lowest BCUT2D eigenvalue weighted by Gasteiger charge is -2.51. The van der Waals surface area contributed by atoms with Crippen LogP contribution in [0.25, 0.3) is 65.4 Å². The molecule has 12 fully saturated rings. The molecule has 6 saturated heterocycles. The second-order valence-corrected chi connectivity index (χ2v) is 48.7. The van der Waals surface area contributed by atoms with Gasteiger partial charge < -0.3 is 67.5 Å². The summed E-state index contributed by atoms with van der Waals surface area (Å²) < 4.78 is 18.3. The zero-order valence-electron chi connectivity index (χ0n) is 91.9. The predicted molar refractivity (Wildman–Crippen MR) is 605 cm³/mol. The zero-order valence-corrected chi connectivity index (χ0v) is 91.9. The fourth-order valence-electron chi connectivity index (χ4n) is 29.9. The number of piperidine rings is 3. The van der Waals surface area contributed by atoms with Gasteiger partial charge in [-0.25, -0.2) is 0 Å². The maximum atomic E-state index is 13.4. The van der Waals surface area contributed by atoms with Crippen LogP contribution in [0.1, 0.15) is 331 Å². The summed E-state index contributed by atoms with van der Waals surface area (Å²) in [6.45, 7) is 22.7. The number of nitrogens with zero attached hydrogens (tertiary/aromatic N) is 9. The summed E-state index contributed by atoms with van der Waals surface area (Å²) >= 11 is 0. The Morgan fingerprint density at radius 2 is 0.651 bits per heavy atom. The molecule has 6 saturated carbocycles. The molecule has 149 heavy (non-hydrogen) atoms. The van der Waals surface area contributed by atoms with Crippen LogP contribution >= 0.6 is 0 Å². The van der Waals surface area contributed by atoms with Crippen molar-refractivity contribution >= 4 is 101 Å². The highest BCUT2D eigenvalue weighted by atomic mass is 16.5. The summed E-state index contributed by atoms with van der Waals surface area (Å²) in [4.78, 5) is 101. The van der Waals surface area contributed by atoms with E-state index in [1.54, 1.807) is 0 Å². The van der Waals surface area contributed by atoms with Gasteiger partial charge in [-0.15, -0.1) is 0 Å². The van der Waals surface area contributed by atoms with E-state index in [9.17, 15) is 28.8 Å². The van der Waals surface area contributed by atoms with E-state index in [1.165, 1.54) is 273 Å². The van der Waals surface area contributed by atoms with Crippen molar-refractivity contribution in [2.75, 3.05) is 52.5 Å². The maximum absolute atomic E-state index is 13.4. The molecule has 6 aliphatic carbocycles. The number of aromatic nitrogens is 6. The Balaban J connectivity index is 0.000000112. The molecule has 0 spiro atoms. The summed E-state index contributed by atoms with van der Waals surface area (Å²) in [6.07, 6.45) is 61.5. The van der Waals surface area contributed by atoms with Crippen molar-refractivity contribution < 1.29 is 38.2 Å². The number of nitrogens with one attached hydrogen (secondary N) is 3. The van der Waals surface area contributed by atoms with Crippen LogP contribution in [0.15, 0.2) is 177 Å². The van der Waals surface area contributed by atoms with E-state index in [0.717, 1.165) is 120 Å². The summed E-state index contributed by atoms with van der Waals surface area (Å²) in [5.74, 6) is 3.55. The van der Waals surface area contributed by atoms with Crippen molar-refractivity contribution in [1.29, 1.82) is 0 Å². The van der Waals surface area contributed by atoms with Gasteiger partial charge in [-0.05, 0) is 259 Å². The molecule has 6 aromatic carbocycles. The van der Waals surface area contributed by atoms with Crippen LogP contribution in [-0.2, 0) is 95.9 Å². The van der Waals surface area contributed by atoms with Gasteiger partial charge in [0.25, 0.3) is 0 Å². The third kappa shape index (κ3) is 24.2. The molecule has 0 radical (unpaired) electrons. The van der Waals surface area contributed by atoms with E-state index in [1.807, 2.05) is 24.4 Å². The normalized spacial score (nSPS) is 25.0. The molecule has 20 nitrogen and oxygen atoms in total. The molecule has 12 atom stereocenters. The number of H-pyrrole nitrogens is 3. The van der Waals surface area contributed by atoms with E-state index in [2.05, 4.69) is 280 Å². The Kier molecular flexibility index (Phi) is 34.4. The minimum atomic E-state index is -0.166. The fourth-order valence-corrected chi connectivity index (χ4v) is 29.9. The maximum Gasteiger partial charge on any atom is 0.223 e. The van der Waals surface area contributed by atoms with Crippen LogP contribution in [-0.4, -0.2) is 194 Å². The van der Waals surface area contributed by atoms with Gasteiger partial charge in [-0.3, -0.25) is 28.8 Å². The second kappa shape index (κ2) is 48.1. The average molecular weight is 2020 g/mol. The number of amides is 6. The van der Waals surface area contributed by atoms with Crippen molar-refractivity contribution in [2.45, 2.75) is 384 Å². The molecule has 12 heterocycles. The molecular weight excluding hydrogens is 1850 g/mol. The van der Waals surface area contributed by atoms with Crippen LogP contribution in [0.2, 0.25) is 0 Å². The van der Waals surface area contributed by atoms with Crippen molar-refractivity contribution in [3.05, 3.63) is 216 Å². The van der Waals surface area contributed by atoms with Crippen LogP contribution in [0.4, 0.5) is 0 Å². The number of ether oxygens (including phenoxy) is 2.